The third-order valence-corrected chi connectivity index (χ3v) is 3.11. The Balaban J connectivity index is 2.21. The molecule has 0 saturated carbocycles. The minimum atomic E-state index is 0.663. The van der Waals surface area contributed by atoms with E-state index in [2.05, 4.69) is 25.9 Å². The fourth-order valence-electron chi connectivity index (χ4n) is 1.13. The van der Waals surface area contributed by atoms with E-state index in [1.54, 1.807) is 6.21 Å². The van der Waals surface area contributed by atoms with Crippen molar-refractivity contribution in [1.82, 2.24) is 4.98 Å². The van der Waals surface area contributed by atoms with Gasteiger partial charge in [0.2, 0.25) is 0 Å². The van der Waals surface area contributed by atoms with Crippen LogP contribution in [-0.4, -0.2) is 11.2 Å². The maximum absolute atomic E-state index is 5.95. The zero-order valence-corrected chi connectivity index (χ0v) is 10.1. The summed E-state index contributed by atoms with van der Waals surface area (Å²) in [6.45, 7) is 0. The summed E-state index contributed by atoms with van der Waals surface area (Å²) in [6.07, 6.45) is 3.62. The number of halogens is 2. The molecule has 2 nitrogen and oxygen atoms in total. The Morgan fingerprint density at radius 1 is 1.33 bits per heavy atom. The minimum Gasteiger partial charge on any atom is -0.360 e. The highest BCUT2D eigenvalue weighted by Crippen LogP contribution is 2.26. The van der Waals surface area contributed by atoms with E-state index in [0.29, 0.717) is 5.02 Å². The molecular weight excluding hydrogens is 275 g/mol. The van der Waals surface area contributed by atoms with Crippen LogP contribution in [0.5, 0.6) is 0 Å². The van der Waals surface area contributed by atoms with Crippen LogP contribution in [0.2, 0.25) is 5.02 Å². The van der Waals surface area contributed by atoms with Gasteiger partial charge in [0, 0.05) is 10.7 Å². The summed E-state index contributed by atoms with van der Waals surface area (Å²) in [6, 6.07) is 9.46. The van der Waals surface area contributed by atoms with Crippen LogP contribution < -0.4 is 0 Å². The van der Waals surface area contributed by atoms with Crippen molar-refractivity contribution in [3.8, 4) is 0 Å². The quantitative estimate of drug-likeness (QED) is 0.801. The predicted octanol–water partition coefficient (Wildman–Crippen LogP) is 4.18. The highest BCUT2D eigenvalue weighted by molar-refractivity contribution is 9.10. The lowest BCUT2D eigenvalue weighted by Gasteiger charge is -1.96. The Labute approximate surface area is 101 Å². The lowest BCUT2D eigenvalue weighted by atomic mass is 10.3. The number of hydrogen-bond acceptors (Lipinski definition) is 1. The first-order valence-corrected chi connectivity index (χ1v) is 5.55. The first kappa shape index (κ1) is 10.5. The van der Waals surface area contributed by atoms with Gasteiger partial charge in [-0.25, -0.2) is 0 Å². The van der Waals surface area contributed by atoms with Gasteiger partial charge in [-0.15, -0.1) is 0 Å². The van der Waals surface area contributed by atoms with Gasteiger partial charge in [-0.05, 0) is 46.3 Å². The van der Waals surface area contributed by atoms with Gasteiger partial charge in [-0.3, -0.25) is 4.99 Å². The SMILES string of the molecule is Clc1cc(N=Cc2ccc[nH]2)ccc1Br. The Bertz CT molecular complexity index is 477. The molecule has 0 aliphatic rings. The number of nitrogens with one attached hydrogen (secondary N) is 1. The summed E-state index contributed by atoms with van der Waals surface area (Å²) in [5, 5.41) is 0.663. The van der Waals surface area contributed by atoms with Crippen molar-refractivity contribution in [2.45, 2.75) is 0 Å². The molecule has 0 fully saturated rings. The molecule has 0 bridgehead atoms. The van der Waals surface area contributed by atoms with Gasteiger partial charge in [0.05, 0.1) is 22.6 Å². The molecule has 0 aliphatic heterocycles. The van der Waals surface area contributed by atoms with Gasteiger partial charge >= 0.3 is 0 Å². The fourth-order valence-corrected chi connectivity index (χ4v) is 1.56. The number of H-pyrrole nitrogens is 1. The van der Waals surface area contributed by atoms with Gasteiger partial charge in [0.1, 0.15) is 0 Å². The highest BCUT2D eigenvalue weighted by Gasteiger charge is 1.96. The molecule has 0 aliphatic carbocycles. The number of benzene rings is 1. The number of hydrogen-bond donors (Lipinski definition) is 1. The van der Waals surface area contributed by atoms with Crippen molar-refractivity contribution < 1.29 is 0 Å². The second-order valence-corrected chi connectivity index (χ2v) is 4.24. The number of aromatic amines is 1. The summed E-state index contributed by atoms with van der Waals surface area (Å²) in [4.78, 5) is 7.33. The maximum atomic E-state index is 5.95. The largest absolute Gasteiger partial charge is 0.360 e. The zero-order valence-electron chi connectivity index (χ0n) is 7.74. The zero-order chi connectivity index (χ0) is 10.7. The van der Waals surface area contributed by atoms with E-state index in [-0.39, 0.29) is 0 Å². The van der Waals surface area contributed by atoms with E-state index in [1.807, 2.05) is 36.5 Å². The van der Waals surface area contributed by atoms with Crippen LogP contribution in [0.15, 0.2) is 46.0 Å². The highest BCUT2D eigenvalue weighted by atomic mass is 79.9. The van der Waals surface area contributed by atoms with Crippen molar-refractivity contribution in [1.29, 1.82) is 0 Å². The predicted molar refractivity (Wildman–Crippen MR) is 67.2 cm³/mol. The summed E-state index contributed by atoms with van der Waals surface area (Å²) >= 11 is 9.28. The molecule has 0 spiro atoms. The summed E-state index contributed by atoms with van der Waals surface area (Å²) in [7, 11) is 0. The first-order chi connectivity index (χ1) is 7.25. The number of rotatable bonds is 2. The normalized spacial score (nSPS) is 11.1. The molecule has 1 heterocycles. The van der Waals surface area contributed by atoms with Crippen molar-refractivity contribution in [2.24, 2.45) is 4.99 Å². The second kappa shape index (κ2) is 4.64. The van der Waals surface area contributed by atoms with E-state index in [9.17, 15) is 0 Å². The standard InChI is InChI=1S/C11H8BrClN2/c12-10-4-3-8(6-11(10)13)15-7-9-2-1-5-14-9/h1-7,14H. The topological polar surface area (TPSA) is 28.1 Å². The summed E-state index contributed by atoms with van der Waals surface area (Å²) in [5.74, 6) is 0. The average Bonchev–Trinajstić information content (AvgIpc) is 2.73. The molecule has 2 aromatic rings. The summed E-state index contributed by atoms with van der Waals surface area (Å²) < 4.78 is 0.878. The molecule has 2 rings (SSSR count). The van der Waals surface area contributed by atoms with Crippen molar-refractivity contribution in [3.63, 3.8) is 0 Å². The van der Waals surface area contributed by atoms with E-state index < -0.39 is 0 Å². The molecule has 0 saturated heterocycles. The molecule has 1 aromatic carbocycles. The monoisotopic (exact) mass is 282 g/mol. The van der Waals surface area contributed by atoms with Gasteiger partial charge in [0.25, 0.3) is 0 Å². The number of aromatic nitrogens is 1. The number of nitrogens with zero attached hydrogens (tertiary/aromatic N) is 1. The molecule has 0 amide bonds. The Kier molecular flexibility index (Phi) is 3.23. The van der Waals surface area contributed by atoms with Crippen molar-refractivity contribution >= 4 is 39.4 Å². The molecule has 4 heteroatoms. The first-order valence-electron chi connectivity index (χ1n) is 4.38. The van der Waals surface area contributed by atoms with Crippen molar-refractivity contribution in [2.75, 3.05) is 0 Å². The van der Waals surface area contributed by atoms with Crippen LogP contribution >= 0.6 is 27.5 Å². The molecule has 0 atom stereocenters. The Hall–Kier alpha value is -1.06. The molecule has 0 radical (unpaired) electrons. The molecule has 0 unspecified atom stereocenters. The summed E-state index contributed by atoms with van der Waals surface area (Å²) in [5.41, 5.74) is 1.80. The Morgan fingerprint density at radius 3 is 2.87 bits per heavy atom. The van der Waals surface area contributed by atoms with Gasteiger partial charge < -0.3 is 4.98 Å². The average molecular weight is 284 g/mol. The second-order valence-electron chi connectivity index (χ2n) is 2.98. The van der Waals surface area contributed by atoms with Crippen LogP contribution in [-0.2, 0) is 0 Å². The molecule has 76 valence electrons. The van der Waals surface area contributed by atoms with Gasteiger partial charge in [-0.2, -0.15) is 0 Å². The van der Waals surface area contributed by atoms with Crippen LogP contribution in [0.1, 0.15) is 5.69 Å². The number of aliphatic imine (C=N–C) groups is 1. The fraction of sp³-hybridized carbons (Fsp3) is 0. The smallest absolute Gasteiger partial charge is 0.0646 e. The molecule has 1 aromatic heterocycles. The lowest BCUT2D eigenvalue weighted by Crippen LogP contribution is -1.78. The molecule has 1 N–H and O–H groups in total. The van der Waals surface area contributed by atoms with Crippen LogP contribution in [0.3, 0.4) is 0 Å². The van der Waals surface area contributed by atoms with E-state index in [4.69, 9.17) is 11.6 Å². The van der Waals surface area contributed by atoms with Crippen LogP contribution in [0, 0.1) is 0 Å². The van der Waals surface area contributed by atoms with Gasteiger partial charge in [0.15, 0.2) is 0 Å². The minimum absolute atomic E-state index is 0.663. The molecule has 15 heavy (non-hydrogen) atoms. The third-order valence-electron chi connectivity index (χ3n) is 1.88. The van der Waals surface area contributed by atoms with Gasteiger partial charge in [-0.1, -0.05) is 11.6 Å². The molecular formula is C11H8BrClN2. The van der Waals surface area contributed by atoms with Crippen LogP contribution in [0.4, 0.5) is 5.69 Å². The van der Waals surface area contributed by atoms with E-state index >= 15 is 0 Å². The third kappa shape index (κ3) is 2.70. The van der Waals surface area contributed by atoms with E-state index in [1.165, 1.54) is 0 Å². The maximum Gasteiger partial charge on any atom is 0.0646 e. The van der Waals surface area contributed by atoms with Crippen molar-refractivity contribution in [3.05, 3.63) is 51.7 Å². The van der Waals surface area contributed by atoms with E-state index in [0.717, 1.165) is 15.9 Å². The van der Waals surface area contributed by atoms with Crippen LogP contribution in [0.25, 0.3) is 0 Å². The lowest BCUT2D eigenvalue weighted by molar-refractivity contribution is 1.38. The Morgan fingerprint density at radius 2 is 2.20 bits per heavy atom.